The van der Waals surface area contributed by atoms with Crippen molar-refractivity contribution in [3.05, 3.63) is 66.1 Å². The third-order valence-corrected chi connectivity index (χ3v) is 3.18. The molecule has 0 atom stereocenters. The van der Waals surface area contributed by atoms with Gasteiger partial charge in [-0.05, 0) is 23.8 Å². The van der Waals surface area contributed by atoms with Gasteiger partial charge in [-0.1, -0.05) is 24.3 Å². The molecule has 0 unspecified atom stereocenters. The highest BCUT2D eigenvalue weighted by atomic mass is 16.4. The highest BCUT2D eigenvalue weighted by Crippen LogP contribution is 2.21. The zero-order valence-corrected chi connectivity index (χ0v) is 11.2. The lowest BCUT2D eigenvalue weighted by atomic mass is 10.2. The average molecular weight is 279 g/mol. The number of fused-ring (bicyclic) bond motifs is 1. The molecular formula is C16H13N3O2. The number of nitrogens with zero attached hydrogens (tertiary/aromatic N) is 2. The Labute approximate surface area is 121 Å². The summed E-state index contributed by atoms with van der Waals surface area (Å²) < 4.78 is 0. The molecule has 0 aliphatic rings. The minimum Gasteiger partial charge on any atom is -0.477 e. The number of anilines is 1. The van der Waals surface area contributed by atoms with Crippen LogP contribution in [0.5, 0.6) is 0 Å². The summed E-state index contributed by atoms with van der Waals surface area (Å²) in [5.41, 5.74) is 2.89. The molecule has 0 fully saturated rings. The van der Waals surface area contributed by atoms with Crippen molar-refractivity contribution in [3.63, 3.8) is 0 Å². The lowest BCUT2D eigenvalue weighted by Crippen LogP contribution is -2.04. The molecule has 0 bridgehead atoms. The third kappa shape index (κ3) is 2.81. The number of carboxylic acid groups (broad SMARTS) is 1. The monoisotopic (exact) mass is 279 g/mol. The van der Waals surface area contributed by atoms with Gasteiger partial charge in [-0.3, -0.25) is 4.98 Å². The molecule has 104 valence electrons. The van der Waals surface area contributed by atoms with E-state index in [1.54, 1.807) is 18.5 Å². The van der Waals surface area contributed by atoms with Crippen LogP contribution in [-0.2, 0) is 6.54 Å². The number of aromatic nitrogens is 2. The van der Waals surface area contributed by atoms with Crippen LogP contribution in [0.2, 0.25) is 0 Å². The average Bonchev–Trinajstić information content (AvgIpc) is 2.53. The Morgan fingerprint density at radius 1 is 1.10 bits per heavy atom. The Morgan fingerprint density at radius 2 is 1.95 bits per heavy atom. The first kappa shape index (κ1) is 13.1. The van der Waals surface area contributed by atoms with E-state index in [1.165, 1.54) is 6.07 Å². The zero-order valence-electron chi connectivity index (χ0n) is 11.2. The van der Waals surface area contributed by atoms with E-state index in [4.69, 9.17) is 5.11 Å². The highest BCUT2D eigenvalue weighted by molar-refractivity contribution is 5.90. The Kier molecular flexibility index (Phi) is 3.47. The van der Waals surface area contributed by atoms with Gasteiger partial charge in [-0.2, -0.15) is 0 Å². The molecule has 5 heteroatoms. The van der Waals surface area contributed by atoms with Gasteiger partial charge in [-0.15, -0.1) is 0 Å². The zero-order chi connectivity index (χ0) is 14.7. The largest absolute Gasteiger partial charge is 0.477 e. The number of hydrogen-bond donors (Lipinski definition) is 2. The molecule has 2 N–H and O–H groups in total. The van der Waals surface area contributed by atoms with E-state index in [-0.39, 0.29) is 5.69 Å². The number of aromatic carboxylic acids is 1. The number of pyridine rings is 2. The number of carbonyl (C=O) groups is 1. The van der Waals surface area contributed by atoms with Crippen LogP contribution in [0.1, 0.15) is 16.1 Å². The molecule has 0 aliphatic carbocycles. The van der Waals surface area contributed by atoms with Gasteiger partial charge in [0.05, 0.1) is 5.52 Å². The Morgan fingerprint density at radius 3 is 2.71 bits per heavy atom. The van der Waals surface area contributed by atoms with Gasteiger partial charge >= 0.3 is 5.97 Å². The number of nitrogens with one attached hydrogen (secondary N) is 1. The molecule has 2 heterocycles. The van der Waals surface area contributed by atoms with Gasteiger partial charge in [0.15, 0.2) is 0 Å². The van der Waals surface area contributed by atoms with E-state index >= 15 is 0 Å². The smallest absolute Gasteiger partial charge is 0.354 e. The molecule has 0 amide bonds. The second-order valence-corrected chi connectivity index (χ2v) is 4.59. The Balaban J connectivity index is 1.79. The van der Waals surface area contributed by atoms with Crippen LogP contribution in [0.4, 0.5) is 5.69 Å². The Bertz CT molecular complexity index is 780. The van der Waals surface area contributed by atoms with Crippen molar-refractivity contribution in [2.24, 2.45) is 0 Å². The van der Waals surface area contributed by atoms with E-state index in [0.717, 1.165) is 22.2 Å². The molecule has 0 radical (unpaired) electrons. The van der Waals surface area contributed by atoms with Crippen molar-refractivity contribution in [3.8, 4) is 0 Å². The molecule has 3 rings (SSSR count). The fourth-order valence-electron chi connectivity index (χ4n) is 2.10. The van der Waals surface area contributed by atoms with E-state index in [1.807, 2.05) is 30.3 Å². The van der Waals surface area contributed by atoms with E-state index in [9.17, 15) is 4.79 Å². The van der Waals surface area contributed by atoms with Gasteiger partial charge < -0.3 is 10.4 Å². The maximum Gasteiger partial charge on any atom is 0.354 e. The van der Waals surface area contributed by atoms with Crippen molar-refractivity contribution < 1.29 is 9.90 Å². The third-order valence-electron chi connectivity index (χ3n) is 3.18. The van der Waals surface area contributed by atoms with E-state index in [0.29, 0.717) is 6.54 Å². The first-order valence-corrected chi connectivity index (χ1v) is 6.50. The lowest BCUT2D eigenvalue weighted by molar-refractivity contribution is 0.0690. The van der Waals surface area contributed by atoms with Gasteiger partial charge in [0, 0.05) is 30.0 Å². The fraction of sp³-hybridized carbons (Fsp3) is 0.0625. The molecule has 5 nitrogen and oxygen atoms in total. The van der Waals surface area contributed by atoms with Gasteiger partial charge in [0.25, 0.3) is 0 Å². The first-order chi connectivity index (χ1) is 10.2. The molecule has 0 saturated carbocycles. The fourth-order valence-corrected chi connectivity index (χ4v) is 2.10. The van der Waals surface area contributed by atoms with Crippen molar-refractivity contribution in [1.29, 1.82) is 0 Å². The van der Waals surface area contributed by atoms with Crippen molar-refractivity contribution in [1.82, 2.24) is 9.97 Å². The molecular weight excluding hydrogens is 266 g/mol. The summed E-state index contributed by atoms with van der Waals surface area (Å²) in [6.07, 6.45) is 3.33. The molecule has 21 heavy (non-hydrogen) atoms. The number of para-hydroxylation sites is 1. The predicted molar refractivity (Wildman–Crippen MR) is 80.3 cm³/mol. The van der Waals surface area contributed by atoms with Crippen molar-refractivity contribution in [2.75, 3.05) is 5.32 Å². The standard InChI is InChI=1S/C16H13N3O2/c20-16(21)15-6-5-11(10-19-15)9-18-14-7-8-17-13-4-2-1-3-12(13)14/h1-8,10H,9H2,(H,17,18)(H,20,21). The molecule has 2 aromatic heterocycles. The number of benzene rings is 1. The van der Waals surface area contributed by atoms with Gasteiger partial charge in [0.1, 0.15) is 5.69 Å². The topological polar surface area (TPSA) is 75.1 Å². The number of hydrogen-bond acceptors (Lipinski definition) is 4. The second-order valence-electron chi connectivity index (χ2n) is 4.59. The van der Waals surface area contributed by atoms with Crippen LogP contribution in [0, 0.1) is 0 Å². The molecule has 0 spiro atoms. The molecule has 1 aromatic carbocycles. The Hall–Kier alpha value is -2.95. The van der Waals surface area contributed by atoms with Crippen LogP contribution in [-0.4, -0.2) is 21.0 Å². The normalized spacial score (nSPS) is 10.5. The van der Waals surface area contributed by atoms with Crippen LogP contribution in [0.25, 0.3) is 10.9 Å². The summed E-state index contributed by atoms with van der Waals surface area (Å²) in [5, 5.41) is 13.2. The summed E-state index contributed by atoms with van der Waals surface area (Å²) in [5.74, 6) is -1.02. The van der Waals surface area contributed by atoms with Crippen LogP contribution < -0.4 is 5.32 Å². The highest BCUT2D eigenvalue weighted by Gasteiger charge is 2.04. The summed E-state index contributed by atoms with van der Waals surface area (Å²) in [6, 6.07) is 13.1. The van der Waals surface area contributed by atoms with Crippen LogP contribution >= 0.6 is 0 Å². The van der Waals surface area contributed by atoms with Crippen molar-refractivity contribution >= 4 is 22.6 Å². The SMILES string of the molecule is O=C(O)c1ccc(CNc2ccnc3ccccc23)cn1. The van der Waals surface area contributed by atoms with Gasteiger partial charge in [-0.25, -0.2) is 9.78 Å². The molecule has 3 aromatic rings. The summed E-state index contributed by atoms with van der Waals surface area (Å²) in [4.78, 5) is 19.0. The van der Waals surface area contributed by atoms with E-state index in [2.05, 4.69) is 15.3 Å². The second kappa shape index (κ2) is 5.58. The summed E-state index contributed by atoms with van der Waals surface area (Å²) in [6.45, 7) is 0.570. The van der Waals surface area contributed by atoms with Crippen LogP contribution in [0.3, 0.4) is 0 Å². The van der Waals surface area contributed by atoms with E-state index < -0.39 is 5.97 Å². The molecule has 0 aliphatic heterocycles. The summed E-state index contributed by atoms with van der Waals surface area (Å²) in [7, 11) is 0. The molecule has 0 saturated heterocycles. The maximum atomic E-state index is 10.8. The maximum absolute atomic E-state index is 10.8. The lowest BCUT2D eigenvalue weighted by Gasteiger charge is -2.09. The quantitative estimate of drug-likeness (QED) is 0.768. The summed E-state index contributed by atoms with van der Waals surface area (Å²) >= 11 is 0. The number of carboxylic acids is 1. The number of rotatable bonds is 4. The minimum atomic E-state index is -1.02. The van der Waals surface area contributed by atoms with Crippen molar-refractivity contribution in [2.45, 2.75) is 6.54 Å². The van der Waals surface area contributed by atoms with Crippen LogP contribution in [0.15, 0.2) is 54.9 Å². The first-order valence-electron chi connectivity index (χ1n) is 6.50. The minimum absolute atomic E-state index is 0.0492. The van der Waals surface area contributed by atoms with Gasteiger partial charge in [0.2, 0.25) is 0 Å². The predicted octanol–water partition coefficient (Wildman–Crippen LogP) is 2.94.